The predicted molar refractivity (Wildman–Crippen MR) is 99.3 cm³/mol. The van der Waals surface area contributed by atoms with E-state index in [1.807, 2.05) is 25.1 Å². The molecule has 2 rings (SSSR count). The summed E-state index contributed by atoms with van der Waals surface area (Å²) in [7, 11) is 0. The molecule has 24 heavy (non-hydrogen) atoms. The molecule has 2 amide bonds. The summed E-state index contributed by atoms with van der Waals surface area (Å²) >= 11 is 3.38. The Labute approximate surface area is 156 Å². The highest BCUT2D eigenvalue weighted by Gasteiger charge is 2.29. The number of aryl methyl sites for hydroxylation is 1. The van der Waals surface area contributed by atoms with Crippen LogP contribution in [0.4, 0.5) is 5.69 Å². The molecule has 4 N–H and O–H groups in total. The summed E-state index contributed by atoms with van der Waals surface area (Å²) in [6.45, 7) is 2.64. The lowest BCUT2D eigenvalue weighted by atomic mass is 10.2. The second kappa shape index (κ2) is 9.98. The molecule has 1 heterocycles. The lowest BCUT2D eigenvalue weighted by Crippen LogP contribution is -2.37. The first-order valence-electron chi connectivity index (χ1n) is 7.69. The Morgan fingerprint density at radius 1 is 1.38 bits per heavy atom. The smallest absolute Gasteiger partial charge is 0.249 e. The summed E-state index contributed by atoms with van der Waals surface area (Å²) in [5, 5.41) is 5.58. The van der Waals surface area contributed by atoms with E-state index < -0.39 is 6.10 Å². The Balaban J connectivity index is 0.00000288. The Hall–Kier alpha value is -1.15. The van der Waals surface area contributed by atoms with E-state index in [1.165, 1.54) is 0 Å². The molecule has 6 nitrogen and oxygen atoms in total. The van der Waals surface area contributed by atoms with Crippen LogP contribution >= 0.6 is 28.3 Å². The number of benzene rings is 1. The molecule has 0 spiro atoms. The van der Waals surface area contributed by atoms with Crippen molar-refractivity contribution >= 4 is 45.8 Å². The van der Waals surface area contributed by atoms with Gasteiger partial charge in [-0.3, -0.25) is 9.59 Å². The SMILES string of the molecule is Cc1ccc(Br)cc1NC(=O)CCNC(=O)[C@@H]1CC[C@H](CN)O1.Cl. The first kappa shape index (κ1) is 20.9. The van der Waals surface area contributed by atoms with Crippen molar-refractivity contribution in [2.45, 2.75) is 38.4 Å². The molecular formula is C16H23BrClN3O3. The molecule has 0 aromatic heterocycles. The van der Waals surface area contributed by atoms with Crippen LogP contribution in [0.15, 0.2) is 22.7 Å². The lowest BCUT2D eigenvalue weighted by molar-refractivity contribution is -0.131. The van der Waals surface area contributed by atoms with Crippen molar-refractivity contribution in [3.63, 3.8) is 0 Å². The number of amides is 2. The lowest BCUT2D eigenvalue weighted by Gasteiger charge is -2.13. The first-order chi connectivity index (χ1) is 11.0. The molecule has 8 heteroatoms. The van der Waals surface area contributed by atoms with Gasteiger partial charge in [0, 0.05) is 29.7 Å². The van der Waals surface area contributed by atoms with Gasteiger partial charge in [0.1, 0.15) is 6.10 Å². The summed E-state index contributed by atoms with van der Waals surface area (Å²) in [6, 6.07) is 5.69. The monoisotopic (exact) mass is 419 g/mol. The second-order valence-electron chi connectivity index (χ2n) is 5.61. The van der Waals surface area contributed by atoms with Crippen molar-refractivity contribution in [3.05, 3.63) is 28.2 Å². The second-order valence-corrected chi connectivity index (χ2v) is 6.52. The third-order valence-corrected chi connectivity index (χ3v) is 4.28. The minimum Gasteiger partial charge on any atom is -0.364 e. The van der Waals surface area contributed by atoms with E-state index in [0.717, 1.165) is 22.1 Å². The van der Waals surface area contributed by atoms with Crippen molar-refractivity contribution in [1.82, 2.24) is 5.32 Å². The summed E-state index contributed by atoms with van der Waals surface area (Å²) in [5.74, 6) is -0.314. The van der Waals surface area contributed by atoms with Crippen LogP contribution in [0.25, 0.3) is 0 Å². The number of anilines is 1. The van der Waals surface area contributed by atoms with Crippen LogP contribution in [0.2, 0.25) is 0 Å². The maximum atomic E-state index is 12.0. The number of ether oxygens (including phenoxy) is 1. The highest BCUT2D eigenvalue weighted by molar-refractivity contribution is 9.10. The van der Waals surface area contributed by atoms with Crippen molar-refractivity contribution < 1.29 is 14.3 Å². The molecule has 1 fully saturated rings. The van der Waals surface area contributed by atoms with Gasteiger partial charge in [0.2, 0.25) is 11.8 Å². The Morgan fingerprint density at radius 3 is 2.79 bits per heavy atom. The van der Waals surface area contributed by atoms with Gasteiger partial charge in [-0.15, -0.1) is 12.4 Å². The molecule has 1 aromatic rings. The van der Waals surface area contributed by atoms with Gasteiger partial charge in [0.25, 0.3) is 0 Å². The number of halogens is 2. The van der Waals surface area contributed by atoms with Crippen LogP contribution in [0.5, 0.6) is 0 Å². The Kier molecular flexibility index (Phi) is 8.69. The van der Waals surface area contributed by atoms with Gasteiger partial charge in [-0.25, -0.2) is 0 Å². The Morgan fingerprint density at radius 2 is 2.12 bits per heavy atom. The number of nitrogens with one attached hydrogen (secondary N) is 2. The van der Waals surface area contributed by atoms with Gasteiger partial charge in [-0.05, 0) is 37.5 Å². The van der Waals surface area contributed by atoms with Crippen molar-refractivity contribution in [3.8, 4) is 0 Å². The van der Waals surface area contributed by atoms with E-state index in [4.69, 9.17) is 10.5 Å². The standard InChI is InChI=1S/C16H22BrN3O3.ClH/c1-10-2-3-11(17)8-13(10)20-15(21)6-7-19-16(22)14-5-4-12(9-18)23-14;/h2-3,8,12,14H,4-7,9,18H2,1H3,(H,19,22)(H,20,21);1H/t12-,14+;/m1./s1. The van der Waals surface area contributed by atoms with Gasteiger partial charge in [-0.2, -0.15) is 0 Å². The fourth-order valence-electron chi connectivity index (χ4n) is 2.43. The third-order valence-electron chi connectivity index (χ3n) is 3.79. The van der Waals surface area contributed by atoms with Gasteiger partial charge < -0.3 is 21.1 Å². The van der Waals surface area contributed by atoms with Crippen LogP contribution in [0.1, 0.15) is 24.8 Å². The highest BCUT2D eigenvalue weighted by Crippen LogP contribution is 2.21. The summed E-state index contributed by atoms with van der Waals surface area (Å²) in [4.78, 5) is 23.9. The van der Waals surface area contributed by atoms with Crippen LogP contribution in [-0.4, -0.2) is 37.1 Å². The maximum Gasteiger partial charge on any atom is 0.249 e. The average molecular weight is 421 g/mol. The largest absolute Gasteiger partial charge is 0.364 e. The van der Waals surface area contributed by atoms with E-state index in [2.05, 4.69) is 26.6 Å². The molecule has 0 aliphatic carbocycles. The minimum absolute atomic E-state index is 0. The molecule has 0 radical (unpaired) electrons. The number of hydrogen-bond donors (Lipinski definition) is 3. The zero-order chi connectivity index (χ0) is 16.8. The fourth-order valence-corrected chi connectivity index (χ4v) is 2.79. The zero-order valence-corrected chi connectivity index (χ0v) is 15.9. The van der Waals surface area contributed by atoms with E-state index in [0.29, 0.717) is 13.0 Å². The summed E-state index contributed by atoms with van der Waals surface area (Å²) in [6.07, 6.45) is 1.21. The van der Waals surface area contributed by atoms with Gasteiger partial charge in [-0.1, -0.05) is 22.0 Å². The molecular weight excluding hydrogens is 398 g/mol. The van der Waals surface area contributed by atoms with Gasteiger partial charge >= 0.3 is 0 Å². The Bertz CT molecular complexity index is 586. The van der Waals surface area contributed by atoms with Gasteiger partial charge in [0.15, 0.2) is 0 Å². The maximum absolute atomic E-state index is 12.0. The third kappa shape index (κ3) is 6.05. The molecule has 0 saturated carbocycles. The number of carbonyl (C=O) groups is 2. The summed E-state index contributed by atoms with van der Waals surface area (Å²) < 4.78 is 6.41. The van der Waals surface area contributed by atoms with Crippen LogP contribution in [-0.2, 0) is 14.3 Å². The number of carbonyl (C=O) groups excluding carboxylic acids is 2. The van der Waals surface area contributed by atoms with Crippen molar-refractivity contribution in [2.24, 2.45) is 5.73 Å². The van der Waals surface area contributed by atoms with E-state index in [1.54, 1.807) is 0 Å². The molecule has 1 saturated heterocycles. The normalized spacial score (nSPS) is 19.5. The molecule has 1 aliphatic rings. The molecule has 1 aromatic carbocycles. The fraction of sp³-hybridized carbons (Fsp3) is 0.500. The minimum atomic E-state index is -0.445. The topological polar surface area (TPSA) is 93.5 Å². The quantitative estimate of drug-likeness (QED) is 0.657. The first-order valence-corrected chi connectivity index (χ1v) is 8.48. The molecule has 0 unspecified atom stereocenters. The van der Waals surface area contributed by atoms with Crippen LogP contribution in [0.3, 0.4) is 0 Å². The molecule has 2 atom stereocenters. The van der Waals surface area contributed by atoms with E-state index in [-0.39, 0.29) is 43.3 Å². The molecule has 0 bridgehead atoms. The van der Waals surface area contributed by atoms with Crippen LogP contribution in [0, 0.1) is 6.92 Å². The predicted octanol–water partition coefficient (Wildman–Crippen LogP) is 2.13. The van der Waals surface area contributed by atoms with Gasteiger partial charge in [0.05, 0.1) is 6.10 Å². The average Bonchev–Trinajstić information content (AvgIpc) is 3.00. The summed E-state index contributed by atoms with van der Waals surface area (Å²) in [5.41, 5.74) is 7.27. The number of rotatable bonds is 6. The number of nitrogens with two attached hydrogens (primary N) is 1. The van der Waals surface area contributed by atoms with E-state index in [9.17, 15) is 9.59 Å². The van der Waals surface area contributed by atoms with Crippen molar-refractivity contribution in [2.75, 3.05) is 18.4 Å². The molecule has 1 aliphatic heterocycles. The van der Waals surface area contributed by atoms with Crippen molar-refractivity contribution in [1.29, 1.82) is 0 Å². The molecule has 134 valence electrons. The number of hydrogen-bond acceptors (Lipinski definition) is 4. The highest BCUT2D eigenvalue weighted by atomic mass is 79.9. The van der Waals surface area contributed by atoms with Crippen LogP contribution < -0.4 is 16.4 Å². The zero-order valence-electron chi connectivity index (χ0n) is 13.5. The van der Waals surface area contributed by atoms with E-state index >= 15 is 0 Å².